The first kappa shape index (κ1) is 25.9. The van der Waals surface area contributed by atoms with E-state index in [9.17, 15) is 0 Å². The van der Waals surface area contributed by atoms with Gasteiger partial charge in [0.1, 0.15) is 0 Å². The van der Waals surface area contributed by atoms with Crippen molar-refractivity contribution in [3.8, 4) is 44.5 Å². The topological polar surface area (TPSA) is 0 Å². The molecule has 6 aromatic rings. The standard InChI is InChI=1S/C32H26.C7H8/c1-23-8-12-25(13-9-23)26-16-18-27(19-17-26)30-20-21-31(29-14-10-24(2)11-15-29)32(22-30)28-6-4-3-5-7-28;1-7-5-3-2-4-6-7/h3-22H,1-2H3;2-6H,1H3. The first-order valence-electron chi connectivity index (χ1n) is 13.5. The van der Waals surface area contributed by atoms with Crippen LogP contribution in [0.2, 0.25) is 0 Å². The maximum atomic E-state index is 2.32. The molecule has 0 fully saturated rings. The molecule has 0 saturated heterocycles. The van der Waals surface area contributed by atoms with Crippen molar-refractivity contribution < 1.29 is 0 Å². The van der Waals surface area contributed by atoms with Crippen molar-refractivity contribution in [1.29, 1.82) is 0 Å². The molecule has 0 unspecified atom stereocenters. The lowest BCUT2D eigenvalue weighted by Crippen LogP contribution is -1.88. The monoisotopic (exact) mass is 502 g/mol. The quantitative estimate of drug-likeness (QED) is 0.225. The van der Waals surface area contributed by atoms with E-state index in [4.69, 9.17) is 0 Å². The molecule has 0 saturated carbocycles. The summed E-state index contributed by atoms with van der Waals surface area (Å²) in [6.07, 6.45) is 0. The molecule has 0 N–H and O–H groups in total. The Morgan fingerprint density at radius 2 is 0.615 bits per heavy atom. The Morgan fingerprint density at radius 3 is 1.10 bits per heavy atom. The fourth-order valence-electron chi connectivity index (χ4n) is 4.70. The van der Waals surface area contributed by atoms with Crippen LogP contribution in [0.1, 0.15) is 16.7 Å². The molecule has 0 heteroatoms. The molecule has 6 aromatic carbocycles. The van der Waals surface area contributed by atoms with Crippen LogP contribution in [0.25, 0.3) is 44.5 Å². The van der Waals surface area contributed by atoms with Gasteiger partial charge in [0, 0.05) is 0 Å². The maximum Gasteiger partial charge on any atom is -0.00992 e. The van der Waals surface area contributed by atoms with E-state index in [2.05, 4.69) is 154 Å². The van der Waals surface area contributed by atoms with Gasteiger partial charge in [-0.3, -0.25) is 0 Å². The summed E-state index contributed by atoms with van der Waals surface area (Å²) in [6, 6.07) is 54.2. The fourth-order valence-corrected chi connectivity index (χ4v) is 4.70. The zero-order chi connectivity index (χ0) is 27.0. The molecule has 0 amide bonds. The van der Waals surface area contributed by atoms with Gasteiger partial charge < -0.3 is 0 Å². The summed E-state index contributed by atoms with van der Waals surface area (Å²) in [7, 11) is 0. The molecule has 0 radical (unpaired) electrons. The van der Waals surface area contributed by atoms with E-state index in [1.165, 1.54) is 61.2 Å². The molecule has 0 heterocycles. The lowest BCUT2D eigenvalue weighted by atomic mass is 9.90. The molecule has 0 spiro atoms. The van der Waals surface area contributed by atoms with Crippen LogP contribution >= 0.6 is 0 Å². The normalized spacial score (nSPS) is 10.4. The third kappa shape index (κ3) is 6.61. The lowest BCUT2D eigenvalue weighted by molar-refractivity contribution is 1.46. The van der Waals surface area contributed by atoms with Gasteiger partial charge in [-0.2, -0.15) is 0 Å². The van der Waals surface area contributed by atoms with Crippen LogP contribution in [0.3, 0.4) is 0 Å². The van der Waals surface area contributed by atoms with Gasteiger partial charge in [-0.05, 0) is 71.3 Å². The van der Waals surface area contributed by atoms with Crippen LogP contribution in [-0.2, 0) is 0 Å². The molecule has 0 aromatic heterocycles. The average molecular weight is 503 g/mol. The number of benzene rings is 6. The molecule has 0 nitrogen and oxygen atoms in total. The van der Waals surface area contributed by atoms with Crippen molar-refractivity contribution in [2.75, 3.05) is 0 Å². The van der Waals surface area contributed by atoms with E-state index in [1.807, 2.05) is 18.2 Å². The zero-order valence-electron chi connectivity index (χ0n) is 22.9. The number of hydrogen-bond donors (Lipinski definition) is 0. The first-order chi connectivity index (χ1) is 19.1. The van der Waals surface area contributed by atoms with Gasteiger partial charge in [0.2, 0.25) is 0 Å². The second-order valence-corrected chi connectivity index (χ2v) is 10.1. The third-order valence-electron chi connectivity index (χ3n) is 7.01. The van der Waals surface area contributed by atoms with Crippen LogP contribution in [0.15, 0.2) is 152 Å². The highest BCUT2D eigenvalue weighted by Gasteiger charge is 2.10. The van der Waals surface area contributed by atoms with Crippen molar-refractivity contribution in [2.45, 2.75) is 20.8 Å². The molecule has 0 bridgehead atoms. The Balaban J connectivity index is 0.000000384. The summed E-state index contributed by atoms with van der Waals surface area (Å²) >= 11 is 0. The van der Waals surface area contributed by atoms with E-state index < -0.39 is 0 Å². The highest BCUT2D eigenvalue weighted by atomic mass is 14.1. The molecule has 0 aliphatic carbocycles. The Bertz CT molecular complexity index is 1610. The highest BCUT2D eigenvalue weighted by molar-refractivity contribution is 5.87. The summed E-state index contributed by atoms with van der Waals surface area (Å²) in [6.45, 7) is 6.34. The number of aryl methyl sites for hydroxylation is 3. The van der Waals surface area contributed by atoms with Crippen molar-refractivity contribution in [2.24, 2.45) is 0 Å². The molecular formula is C39H34. The summed E-state index contributed by atoms with van der Waals surface area (Å²) < 4.78 is 0. The smallest absolute Gasteiger partial charge is 0.00992 e. The first-order valence-corrected chi connectivity index (χ1v) is 13.5. The second-order valence-electron chi connectivity index (χ2n) is 10.1. The van der Waals surface area contributed by atoms with Crippen molar-refractivity contribution in [3.63, 3.8) is 0 Å². The summed E-state index contributed by atoms with van der Waals surface area (Å²) in [5.41, 5.74) is 13.8. The number of rotatable bonds is 4. The van der Waals surface area contributed by atoms with Crippen LogP contribution < -0.4 is 0 Å². The van der Waals surface area contributed by atoms with Crippen LogP contribution in [-0.4, -0.2) is 0 Å². The maximum absolute atomic E-state index is 2.32. The highest BCUT2D eigenvalue weighted by Crippen LogP contribution is 2.36. The van der Waals surface area contributed by atoms with Gasteiger partial charge in [-0.25, -0.2) is 0 Å². The molecule has 0 atom stereocenters. The molecule has 0 aliphatic rings. The summed E-state index contributed by atoms with van der Waals surface area (Å²) in [5.74, 6) is 0. The van der Waals surface area contributed by atoms with E-state index in [-0.39, 0.29) is 0 Å². The van der Waals surface area contributed by atoms with Crippen molar-refractivity contribution >= 4 is 0 Å². The van der Waals surface area contributed by atoms with Gasteiger partial charge in [-0.15, -0.1) is 0 Å². The fraction of sp³-hybridized carbons (Fsp3) is 0.0769. The third-order valence-corrected chi connectivity index (χ3v) is 7.01. The van der Waals surface area contributed by atoms with E-state index in [0.29, 0.717) is 0 Å². The van der Waals surface area contributed by atoms with E-state index in [0.717, 1.165) is 0 Å². The predicted octanol–water partition coefficient (Wildman–Crippen LogP) is 11.0. The van der Waals surface area contributed by atoms with Gasteiger partial charge >= 0.3 is 0 Å². The minimum atomic E-state index is 1.23. The zero-order valence-corrected chi connectivity index (χ0v) is 22.9. The van der Waals surface area contributed by atoms with E-state index in [1.54, 1.807) is 0 Å². The molecule has 39 heavy (non-hydrogen) atoms. The predicted molar refractivity (Wildman–Crippen MR) is 169 cm³/mol. The molecule has 6 rings (SSSR count). The van der Waals surface area contributed by atoms with Crippen LogP contribution in [0, 0.1) is 20.8 Å². The largest absolute Gasteiger partial charge is 0.0622 e. The Hall–Kier alpha value is -4.68. The second kappa shape index (κ2) is 12.2. The van der Waals surface area contributed by atoms with E-state index >= 15 is 0 Å². The molecule has 0 aliphatic heterocycles. The summed E-state index contributed by atoms with van der Waals surface area (Å²) in [5, 5.41) is 0. The Morgan fingerprint density at radius 1 is 0.256 bits per heavy atom. The van der Waals surface area contributed by atoms with Crippen molar-refractivity contribution in [3.05, 3.63) is 168 Å². The van der Waals surface area contributed by atoms with Gasteiger partial charge in [0.25, 0.3) is 0 Å². The van der Waals surface area contributed by atoms with Crippen LogP contribution in [0.5, 0.6) is 0 Å². The minimum absolute atomic E-state index is 1.23. The molecular weight excluding hydrogens is 468 g/mol. The minimum Gasteiger partial charge on any atom is -0.0622 e. The number of hydrogen-bond acceptors (Lipinski definition) is 0. The Labute approximate surface area is 233 Å². The average Bonchev–Trinajstić information content (AvgIpc) is 2.99. The lowest BCUT2D eigenvalue weighted by Gasteiger charge is -2.14. The molecule has 190 valence electrons. The summed E-state index contributed by atoms with van der Waals surface area (Å²) in [4.78, 5) is 0. The SMILES string of the molecule is Cc1ccc(-c2ccc(-c3ccc(-c4ccc(C)cc4)c(-c4ccccc4)c3)cc2)cc1.Cc1ccccc1. The Kier molecular flexibility index (Phi) is 8.15. The van der Waals surface area contributed by atoms with Crippen molar-refractivity contribution in [1.82, 2.24) is 0 Å². The van der Waals surface area contributed by atoms with Gasteiger partial charge in [0.15, 0.2) is 0 Å². The van der Waals surface area contributed by atoms with Gasteiger partial charge in [0.05, 0.1) is 0 Å². The van der Waals surface area contributed by atoms with Gasteiger partial charge in [-0.1, -0.05) is 162 Å². The van der Waals surface area contributed by atoms with Crippen LogP contribution in [0.4, 0.5) is 0 Å².